The van der Waals surface area contributed by atoms with Crippen LogP contribution in [0.4, 0.5) is 0 Å². The van der Waals surface area contributed by atoms with Gasteiger partial charge in [-0.25, -0.2) is 4.68 Å². The van der Waals surface area contributed by atoms with E-state index < -0.39 is 11.9 Å². The highest BCUT2D eigenvalue weighted by Crippen LogP contribution is 2.23. The molecule has 4 aromatic rings. The molecule has 0 spiro atoms. The van der Waals surface area contributed by atoms with Gasteiger partial charge in [-0.2, -0.15) is 5.10 Å². The molecule has 40 heavy (non-hydrogen) atoms. The third-order valence-electron chi connectivity index (χ3n) is 6.91. The number of nitrogens with zero attached hydrogens (tertiary/aromatic N) is 3. The summed E-state index contributed by atoms with van der Waals surface area (Å²) < 4.78 is 1.99. The van der Waals surface area contributed by atoms with Crippen LogP contribution in [0.5, 0.6) is 5.75 Å². The first kappa shape index (κ1) is 28.5. The Bertz CT molecular complexity index is 1400. The summed E-state index contributed by atoms with van der Waals surface area (Å²) in [6, 6.07) is 22.1. The van der Waals surface area contributed by atoms with Crippen molar-refractivity contribution >= 4 is 11.8 Å². The third-order valence-corrected chi connectivity index (χ3v) is 6.91. The molecule has 2 amide bonds. The number of benzene rings is 2. The summed E-state index contributed by atoms with van der Waals surface area (Å²) in [6.45, 7) is 4.36. The normalized spacial score (nSPS) is 11.9. The van der Waals surface area contributed by atoms with Crippen molar-refractivity contribution in [3.8, 4) is 22.8 Å². The van der Waals surface area contributed by atoms with Gasteiger partial charge in [-0.3, -0.25) is 14.6 Å². The highest BCUT2D eigenvalue weighted by atomic mass is 16.3. The number of unbranched alkanes of at least 4 members (excludes halogenated alkanes) is 2. The van der Waals surface area contributed by atoms with Crippen molar-refractivity contribution in [2.75, 3.05) is 0 Å². The van der Waals surface area contributed by atoms with Crippen LogP contribution in [0, 0.1) is 0 Å². The second-order valence-corrected chi connectivity index (χ2v) is 10.3. The first-order valence-electron chi connectivity index (χ1n) is 13.8. The van der Waals surface area contributed by atoms with Gasteiger partial charge in [0.05, 0.1) is 11.4 Å². The summed E-state index contributed by atoms with van der Waals surface area (Å²) >= 11 is 0. The number of carbonyl (C=O) groups excluding carboxylic acids is 2. The molecule has 1 atom stereocenters. The van der Waals surface area contributed by atoms with E-state index in [1.165, 1.54) is 5.56 Å². The van der Waals surface area contributed by atoms with Gasteiger partial charge in [-0.1, -0.05) is 50.6 Å². The molecule has 4 N–H and O–H groups in total. The molecule has 0 saturated heterocycles. The van der Waals surface area contributed by atoms with Crippen LogP contribution in [0.2, 0.25) is 0 Å². The van der Waals surface area contributed by atoms with E-state index in [2.05, 4.69) is 54.5 Å². The lowest BCUT2D eigenvalue weighted by atomic mass is 10.0. The van der Waals surface area contributed by atoms with Crippen LogP contribution in [-0.2, 0) is 22.4 Å². The van der Waals surface area contributed by atoms with E-state index in [1.807, 2.05) is 22.9 Å². The van der Waals surface area contributed by atoms with Crippen LogP contribution in [0.25, 0.3) is 17.1 Å². The second-order valence-electron chi connectivity index (χ2n) is 10.3. The zero-order valence-electron chi connectivity index (χ0n) is 23.1. The lowest BCUT2D eigenvalue weighted by Gasteiger charge is -2.15. The fraction of sp³-hybridized carbons (Fsp3) is 0.312. The summed E-state index contributed by atoms with van der Waals surface area (Å²) in [7, 11) is 0. The molecule has 2 aromatic carbocycles. The molecular weight excluding hydrogens is 502 g/mol. The number of aromatic nitrogens is 3. The average Bonchev–Trinajstić information content (AvgIpc) is 3.38. The maximum absolute atomic E-state index is 12.5. The molecule has 0 radical (unpaired) electrons. The molecule has 0 unspecified atom stereocenters. The van der Waals surface area contributed by atoms with Crippen molar-refractivity contribution in [3.05, 3.63) is 95.8 Å². The minimum atomic E-state index is -0.793. The Balaban J connectivity index is 1.33. The van der Waals surface area contributed by atoms with Gasteiger partial charge < -0.3 is 16.2 Å². The number of carbonyl (C=O) groups is 2. The molecule has 0 fully saturated rings. The largest absolute Gasteiger partial charge is 0.508 e. The molecular formula is C32H37N5O3. The van der Waals surface area contributed by atoms with Gasteiger partial charge in [0.15, 0.2) is 0 Å². The van der Waals surface area contributed by atoms with Crippen LogP contribution < -0.4 is 11.1 Å². The molecule has 4 rings (SSSR count). The molecule has 0 aliphatic carbocycles. The SMILES string of the molecule is CC(C)c1ccc(-n2nc(-c3ccccn3)cc2CCCCCC(=O)N[C@@H](Cc2ccc(O)cc2)C(N)=O)cc1. The molecule has 0 saturated carbocycles. The number of amides is 2. The van der Waals surface area contributed by atoms with Crippen molar-refractivity contribution in [1.82, 2.24) is 20.1 Å². The van der Waals surface area contributed by atoms with Gasteiger partial charge in [0, 0.05) is 24.7 Å². The summed E-state index contributed by atoms with van der Waals surface area (Å²) in [6.07, 6.45) is 5.60. The lowest BCUT2D eigenvalue weighted by molar-refractivity contribution is -0.127. The molecule has 8 heteroatoms. The number of phenols is 1. The summed E-state index contributed by atoms with van der Waals surface area (Å²) in [5.74, 6) is -0.183. The molecule has 2 heterocycles. The minimum absolute atomic E-state index is 0.142. The van der Waals surface area contributed by atoms with Crippen LogP contribution in [0.1, 0.15) is 62.3 Å². The number of nitrogens with one attached hydrogen (secondary N) is 1. The second kappa shape index (κ2) is 13.6. The summed E-state index contributed by atoms with van der Waals surface area (Å²) in [5, 5.41) is 17.1. The maximum atomic E-state index is 12.5. The van der Waals surface area contributed by atoms with Crippen molar-refractivity contribution in [1.29, 1.82) is 0 Å². The Morgan fingerprint density at radius 2 is 1.70 bits per heavy atom. The average molecular weight is 540 g/mol. The van der Waals surface area contributed by atoms with E-state index in [9.17, 15) is 14.7 Å². The van der Waals surface area contributed by atoms with Gasteiger partial charge in [-0.15, -0.1) is 0 Å². The number of nitrogens with two attached hydrogens (primary N) is 1. The third kappa shape index (κ3) is 7.79. The van der Waals surface area contributed by atoms with Crippen LogP contribution in [0.15, 0.2) is 79.0 Å². The number of aryl methyl sites for hydroxylation is 1. The van der Waals surface area contributed by atoms with E-state index in [1.54, 1.807) is 30.5 Å². The Hall–Kier alpha value is -4.46. The summed E-state index contributed by atoms with van der Waals surface area (Å²) in [5.41, 5.74) is 11.4. The zero-order chi connectivity index (χ0) is 28.5. The Kier molecular flexibility index (Phi) is 9.67. The number of aromatic hydroxyl groups is 1. The van der Waals surface area contributed by atoms with Gasteiger partial charge in [0.1, 0.15) is 17.5 Å². The first-order valence-corrected chi connectivity index (χ1v) is 13.8. The van der Waals surface area contributed by atoms with E-state index in [-0.39, 0.29) is 18.1 Å². The molecule has 208 valence electrons. The van der Waals surface area contributed by atoms with Crippen molar-refractivity contribution < 1.29 is 14.7 Å². The molecule has 0 aliphatic heterocycles. The molecule has 2 aromatic heterocycles. The van der Waals surface area contributed by atoms with E-state index in [4.69, 9.17) is 10.8 Å². The van der Waals surface area contributed by atoms with Crippen molar-refractivity contribution in [3.63, 3.8) is 0 Å². The molecule has 0 aliphatic rings. The van der Waals surface area contributed by atoms with Gasteiger partial charge >= 0.3 is 0 Å². The van der Waals surface area contributed by atoms with Crippen LogP contribution in [0.3, 0.4) is 0 Å². The smallest absolute Gasteiger partial charge is 0.240 e. The number of primary amides is 1. The zero-order valence-corrected chi connectivity index (χ0v) is 23.1. The number of hydrogen-bond acceptors (Lipinski definition) is 5. The highest BCUT2D eigenvalue weighted by molar-refractivity contribution is 5.86. The van der Waals surface area contributed by atoms with E-state index in [0.29, 0.717) is 18.8 Å². The highest BCUT2D eigenvalue weighted by Gasteiger charge is 2.19. The predicted molar refractivity (Wildman–Crippen MR) is 156 cm³/mol. The molecule has 8 nitrogen and oxygen atoms in total. The van der Waals surface area contributed by atoms with Gasteiger partial charge in [-0.05, 0) is 78.8 Å². The summed E-state index contributed by atoms with van der Waals surface area (Å²) in [4.78, 5) is 28.9. The maximum Gasteiger partial charge on any atom is 0.240 e. The Morgan fingerprint density at radius 1 is 0.950 bits per heavy atom. The predicted octanol–water partition coefficient (Wildman–Crippen LogP) is 5.08. The monoisotopic (exact) mass is 539 g/mol. The number of rotatable bonds is 13. The van der Waals surface area contributed by atoms with Crippen LogP contribution >= 0.6 is 0 Å². The first-order chi connectivity index (χ1) is 19.3. The minimum Gasteiger partial charge on any atom is -0.508 e. The Labute approximate surface area is 235 Å². The number of hydrogen-bond donors (Lipinski definition) is 3. The van der Waals surface area contributed by atoms with E-state index in [0.717, 1.165) is 47.6 Å². The van der Waals surface area contributed by atoms with Gasteiger partial charge in [0.25, 0.3) is 0 Å². The fourth-order valence-electron chi connectivity index (χ4n) is 4.59. The topological polar surface area (TPSA) is 123 Å². The number of phenolic OH excluding ortho intramolecular Hbond substituents is 1. The quantitative estimate of drug-likeness (QED) is 0.205. The lowest BCUT2D eigenvalue weighted by Crippen LogP contribution is -2.45. The van der Waals surface area contributed by atoms with E-state index >= 15 is 0 Å². The van der Waals surface area contributed by atoms with Gasteiger partial charge in [0.2, 0.25) is 11.8 Å². The molecule has 0 bridgehead atoms. The van der Waals surface area contributed by atoms with Crippen molar-refractivity contribution in [2.24, 2.45) is 5.73 Å². The number of pyridine rings is 1. The Morgan fingerprint density at radius 3 is 2.35 bits per heavy atom. The fourth-order valence-corrected chi connectivity index (χ4v) is 4.59. The standard InChI is InChI=1S/C32H37N5O3/c1-22(2)24-13-15-25(16-14-24)37-26(21-29(36-37)28-9-6-7-19-34-28)8-4-3-5-10-31(39)35-30(32(33)40)20-23-11-17-27(38)18-12-23/h6-7,9,11-19,21-22,30,38H,3-5,8,10,20H2,1-2H3,(H2,33,40)(H,35,39)/t30-/m0/s1. The van der Waals surface area contributed by atoms with Crippen molar-refractivity contribution in [2.45, 2.75) is 64.3 Å². The van der Waals surface area contributed by atoms with Crippen LogP contribution in [-0.4, -0.2) is 37.7 Å².